The summed E-state index contributed by atoms with van der Waals surface area (Å²) in [6.45, 7) is 2.00. The van der Waals surface area contributed by atoms with Crippen molar-refractivity contribution in [1.29, 1.82) is 0 Å². The average Bonchev–Trinajstić information content (AvgIpc) is 2.30. The van der Waals surface area contributed by atoms with E-state index in [9.17, 15) is 0 Å². The van der Waals surface area contributed by atoms with Crippen LogP contribution in [0.25, 0.3) is 0 Å². The van der Waals surface area contributed by atoms with Crippen molar-refractivity contribution in [1.82, 2.24) is 15.3 Å². The van der Waals surface area contributed by atoms with E-state index in [1.807, 2.05) is 7.05 Å². The van der Waals surface area contributed by atoms with Crippen LogP contribution in [0.15, 0.2) is 12.4 Å². The van der Waals surface area contributed by atoms with E-state index in [1.165, 1.54) is 12.8 Å². The maximum absolute atomic E-state index is 5.75. The van der Waals surface area contributed by atoms with Crippen molar-refractivity contribution < 1.29 is 0 Å². The minimum atomic E-state index is 0.540. The Labute approximate surface area is 94.7 Å². The van der Waals surface area contributed by atoms with Crippen molar-refractivity contribution in [2.24, 2.45) is 0 Å². The van der Waals surface area contributed by atoms with Gasteiger partial charge in [-0.3, -0.25) is 0 Å². The van der Waals surface area contributed by atoms with E-state index < -0.39 is 0 Å². The lowest BCUT2D eigenvalue weighted by Crippen LogP contribution is -2.45. The molecule has 2 heterocycles. The molecule has 1 fully saturated rings. The fourth-order valence-electron chi connectivity index (χ4n) is 1.86. The van der Waals surface area contributed by atoms with E-state index in [-0.39, 0.29) is 0 Å². The zero-order valence-electron chi connectivity index (χ0n) is 8.78. The molecule has 1 aliphatic rings. The van der Waals surface area contributed by atoms with Gasteiger partial charge < -0.3 is 10.2 Å². The van der Waals surface area contributed by atoms with Crippen LogP contribution in [0.1, 0.15) is 12.8 Å². The fraction of sp³-hybridized carbons (Fsp3) is 0.600. The van der Waals surface area contributed by atoms with Crippen LogP contribution in [0.4, 0.5) is 5.95 Å². The lowest BCUT2D eigenvalue weighted by Gasteiger charge is -2.32. The molecular formula is C10H15ClN4. The first-order chi connectivity index (χ1) is 7.29. The molecule has 5 heteroatoms. The lowest BCUT2D eigenvalue weighted by molar-refractivity contribution is 0.445. The van der Waals surface area contributed by atoms with Gasteiger partial charge in [-0.05, 0) is 19.9 Å². The molecule has 1 saturated heterocycles. The van der Waals surface area contributed by atoms with Crippen molar-refractivity contribution in [3.63, 3.8) is 0 Å². The zero-order valence-corrected chi connectivity index (χ0v) is 9.54. The summed E-state index contributed by atoms with van der Waals surface area (Å²) in [5.74, 6) is 0.777. The van der Waals surface area contributed by atoms with Gasteiger partial charge in [0.1, 0.15) is 0 Å². The Kier molecular flexibility index (Phi) is 3.38. The molecule has 0 saturated carbocycles. The van der Waals surface area contributed by atoms with Crippen LogP contribution in [0.5, 0.6) is 0 Å². The Morgan fingerprint density at radius 3 is 2.87 bits per heavy atom. The SMILES string of the molecule is CN[C@H]1CCCN(c2ncc(Cl)cn2)C1. The van der Waals surface area contributed by atoms with E-state index >= 15 is 0 Å². The highest BCUT2D eigenvalue weighted by atomic mass is 35.5. The van der Waals surface area contributed by atoms with Gasteiger partial charge in [0.15, 0.2) is 0 Å². The second-order valence-corrected chi connectivity index (χ2v) is 4.21. The molecule has 0 radical (unpaired) electrons. The second kappa shape index (κ2) is 4.77. The predicted molar refractivity (Wildman–Crippen MR) is 61.3 cm³/mol. The molecule has 0 unspecified atom stereocenters. The third kappa shape index (κ3) is 2.58. The number of aromatic nitrogens is 2. The minimum Gasteiger partial charge on any atom is -0.339 e. The quantitative estimate of drug-likeness (QED) is 0.826. The normalized spacial score (nSPS) is 21.7. The fourth-order valence-corrected chi connectivity index (χ4v) is 1.96. The summed E-state index contributed by atoms with van der Waals surface area (Å²) in [5, 5.41) is 3.88. The van der Waals surface area contributed by atoms with Gasteiger partial charge in [0.2, 0.25) is 5.95 Å². The van der Waals surface area contributed by atoms with E-state index in [2.05, 4.69) is 20.2 Å². The van der Waals surface area contributed by atoms with Gasteiger partial charge in [-0.1, -0.05) is 11.6 Å². The van der Waals surface area contributed by atoms with E-state index in [0.29, 0.717) is 11.1 Å². The number of halogens is 1. The van der Waals surface area contributed by atoms with Crippen LogP contribution < -0.4 is 10.2 Å². The summed E-state index contributed by atoms with van der Waals surface area (Å²) in [4.78, 5) is 10.6. The standard InChI is InChI=1S/C10H15ClN4/c1-12-9-3-2-4-15(7-9)10-13-5-8(11)6-14-10/h5-6,9,12H,2-4,7H2,1H3/t9-/m0/s1. The molecule has 4 nitrogen and oxygen atoms in total. The summed E-state index contributed by atoms with van der Waals surface area (Å²) >= 11 is 5.75. The second-order valence-electron chi connectivity index (χ2n) is 3.78. The first-order valence-electron chi connectivity index (χ1n) is 5.19. The Hall–Kier alpha value is -0.870. The van der Waals surface area contributed by atoms with Crippen LogP contribution in [-0.4, -0.2) is 36.1 Å². The molecule has 1 aliphatic heterocycles. The smallest absolute Gasteiger partial charge is 0.225 e. The molecule has 15 heavy (non-hydrogen) atoms. The van der Waals surface area contributed by atoms with E-state index in [1.54, 1.807) is 12.4 Å². The van der Waals surface area contributed by atoms with Gasteiger partial charge in [0, 0.05) is 19.1 Å². The van der Waals surface area contributed by atoms with Crippen LogP contribution in [-0.2, 0) is 0 Å². The Bertz CT molecular complexity index is 314. The van der Waals surface area contributed by atoms with Crippen LogP contribution >= 0.6 is 11.6 Å². The summed E-state index contributed by atoms with van der Waals surface area (Å²) in [5.41, 5.74) is 0. The van der Waals surface area contributed by atoms with Crippen LogP contribution in [0, 0.1) is 0 Å². The molecule has 1 aromatic heterocycles. The van der Waals surface area contributed by atoms with Crippen molar-refractivity contribution >= 4 is 17.5 Å². The molecule has 1 aromatic rings. The van der Waals surface area contributed by atoms with E-state index in [4.69, 9.17) is 11.6 Å². The number of nitrogens with one attached hydrogen (secondary N) is 1. The third-order valence-corrected chi connectivity index (χ3v) is 2.91. The first-order valence-corrected chi connectivity index (χ1v) is 5.57. The molecule has 0 bridgehead atoms. The largest absolute Gasteiger partial charge is 0.339 e. The average molecular weight is 227 g/mol. The molecular weight excluding hydrogens is 212 g/mol. The molecule has 0 aliphatic carbocycles. The van der Waals surface area contributed by atoms with Crippen molar-refractivity contribution in [3.8, 4) is 0 Å². The number of rotatable bonds is 2. The van der Waals surface area contributed by atoms with Gasteiger partial charge in [0.05, 0.1) is 17.4 Å². The van der Waals surface area contributed by atoms with Gasteiger partial charge in [-0.15, -0.1) is 0 Å². The maximum Gasteiger partial charge on any atom is 0.225 e. The number of anilines is 1. The van der Waals surface area contributed by atoms with E-state index in [0.717, 1.165) is 19.0 Å². The Morgan fingerprint density at radius 2 is 2.20 bits per heavy atom. The third-order valence-electron chi connectivity index (χ3n) is 2.72. The molecule has 1 atom stereocenters. The molecule has 0 aromatic carbocycles. The maximum atomic E-state index is 5.75. The van der Waals surface area contributed by atoms with Gasteiger partial charge in [-0.2, -0.15) is 0 Å². The molecule has 0 amide bonds. The summed E-state index contributed by atoms with van der Waals surface area (Å²) in [6, 6.07) is 0.540. The van der Waals surface area contributed by atoms with Gasteiger partial charge >= 0.3 is 0 Å². The highest BCUT2D eigenvalue weighted by Crippen LogP contribution is 2.16. The molecule has 0 spiro atoms. The van der Waals surface area contributed by atoms with Crippen molar-refractivity contribution in [2.75, 3.05) is 25.0 Å². The molecule has 1 N–H and O–H groups in total. The Balaban J connectivity index is 2.06. The zero-order chi connectivity index (χ0) is 10.7. The number of hydrogen-bond acceptors (Lipinski definition) is 4. The summed E-state index contributed by atoms with van der Waals surface area (Å²) < 4.78 is 0. The number of piperidine rings is 1. The van der Waals surface area contributed by atoms with Gasteiger partial charge in [-0.25, -0.2) is 9.97 Å². The van der Waals surface area contributed by atoms with Crippen molar-refractivity contribution in [2.45, 2.75) is 18.9 Å². The van der Waals surface area contributed by atoms with Crippen LogP contribution in [0.3, 0.4) is 0 Å². The topological polar surface area (TPSA) is 41.0 Å². The summed E-state index contributed by atoms with van der Waals surface area (Å²) in [7, 11) is 2.00. The highest BCUT2D eigenvalue weighted by Gasteiger charge is 2.19. The van der Waals surface area contributed by atoms with Crippen molar-refractivity contribution in [3.05, 3.63) is 17.4 Å². The number of nitrogens with zero attached hydrogens (tertiary/aromatic N) is 3. The molecule has 82 valence electrons. The van der Waals surface area contributed by atoms with Crippen LogP contribution in [0.2, 0.25) is 5.02 Å². The first kappa shape index (κ1) is 10.6. The van der Waals surface area contributed by atoms with Gasteiger partial charge in [0.25, 0.3) is 0 Å². The molecule has 2 rings (SSSR count). The summed E-state index contributed by atoms with van der Waals surface area (Å²) in [6.07, 6.45) is 5.69. The highest BCUT2D eigenvalue weighted by molar-refractivity contribution is 6.30. The predicted octanol–water partition coefficient (Wildman–Crippen LogP) is 1.32. The lowest BCUT2D eigenvalue weighted by atomic mass is 10.1. The number of hydrogen-bond donors (Lipinski definition) is 1. The minimum absolute atomic E-state index is 0.540. The monoisotopic (exact) mass is 226 g/mol. The number of likely N-dealkylation sites (N-methyl/N-ethyl adjacent to an activating group) is 1. The Morgan fingerprint density at radius 1 is 1.47 bits per heavy atom.